The number of rotatable bonds is 6. The van der Waals surface area contributed by atoms with E-state index in [-0.39, 0.29) is 11.9 Å². The Morgan fingerprint density at radius 3 is 2.52 bits per heavy atom. The third-order valence-corrected chi connectivity index (χ3v) is 7.42. The minimum atomic E-state index is -3.37. The smallest absolute Gasteiger partial charge is 0.278 e. The molecule has 8 heteroatoms. The number of nitrogens with one attached hydrogen (secondary N) is 2. The highest BCUT2D eigenvalue weighted by Gasteiger charge is 2.34. The summed E-state index contributed by atoms with van der Waals surface area (Å²) in [4.78, 5) is 13.3. The number of piperazine rings is 1. The Morgan fingerprint density at radius 2 is 2.00 bits per heavy atom. The molecule has 0 radical (unpaired) electrons. The van der Waals surface area contributed by atoms with Crippen molar-refractivity contribution in [3.05, 3.63) is 17.5 Å². The summed E-state index contributed by atoms with van der Waals surface area (Å²) < 4.78 is 26.9. The average Bonchev–Trinajstić information content (AvgIpc) is 3.07. The lowest BCUT2D eigenvalue weighted by Gasteiger charge is -2.34. The quantitative estimate of drug-likeness (QED) is 0.738. The molecule has 0 bridgehead atoms. The molecule has 1 atom stereocenters. The summed E-state index contributed by atoms with van der Waals surface area (Å²) in [5.41, 5.74) is 0. The molecule has 23 heavy (non-hydrogen) atoms. The fourth-order valence-electron chi connectivity index (χ4n) is 2.63. The van der Waals surface area contributed by atoms with Gasteiger partial charge in [0.25, 0.3) is 15.9 Å². The molecule has 1 aliphatic heterocycles. The van der Waals surface area contributed by atoms with Gasteiger partial charge in [-0.15, -0.1) is 11.3 Å². The lowest BCUT2D eigenvalue weighted by atomic mass is 10.2. The van der Waals surface area contributed by atoms with Gasteiger partial charge in [-0.3, -0.25) is 4.79 Å². The SMILES string of the molecule is CC(C)CNC(=O)[C@H](C)[NH+]1CCN(S(=O)(=O)c2cccs2)CC1. The van der Waals surface area contributed by atoms with E-state index in [0.29, 0.717) is 42.9 Å². The van der Waals surface area contributed by atoms with Crippen LogP contribution in [0.4, 0.5) is 0 Å². The minimum absolute atomic E-state index is 0.0447. The average molecular weight is 361 g/mol. The zero-order chi connectivity index (χ0) is 17.0. The molecule has 1 fully saturated rings. The number of thiophene rings is 1. The van der Waals surface area contributed by atoms with Crippen molar-refractivity contribution in [1.29, 1.82) is 0 Å². The number of hydrogen-bond donors (Lipinski definition) is 2. The van der Waals surface area contributed by atoms with Crippen LogP contribution in [-0.4, -0.2) is 57.4 Å². The number of carbonyl (C=O) groups is 1. The fourth-order valence-corrected chi connectivity index (χ4v) is 5.21. The summed E-state index contributed by atoms with van der Waals surface area (Å²) in [5.74, 6) is 0.470. The van der Waals surface area contributed by atoms with Crippen LogP contribution in [0.3, 0.4) is 0 Å². The zero-order valence-corrected chi connectivity index (χ0v) is 15.5. The highest BCUT2D eigenvalue weighted by atomic mass is 32.2. The first-order valence-electron chi connectivity index (χ1n) is 7.98. The standard InChI is InChI=1S/C15H25N3O3S2/c1-12(2)11-16-15(19)13(3)17-6-8-18(9-7-17)23(20,21)14-5-4-10-22-14/h4-5,10,12-13H,6-9,11H2,1-3H3,(H,16,19)/p+1/t13-/m0/s1. The van der Waals surface area contributed by atoms with Crippen LogP contribution in [-0.2, 0) is 14.8 Å². The Balaban J connectivity index is 1.90. The van der Waals surface area contributed by atoms with Crippen LogP contribution in [0.15, 0.2) is 21.7 Å². The summed E-state index contributed by atoms with van der Waals surface area (Å²) in [5, 5.41) is 4.73. The summed E-state index contributed by atoms with van der Waals surface area (Å²) in [7, 11) is -3.37. The monoisotopic (exact) mass is 360 g/mol. The molecule has 1 saturated heterocycles. The van der Waals surface area contributed by atoms with Gasteiger partial charge in [0, 0.05) is 6.54 Å². The van der Waals surface area contributed by atoms with E-state index in [1.165, 1.54) is 15.6 Å². The van der Waals surface area contributed by atoms with Gasteiger partial charge in [-0.1, -0.05) is 19.9 Å². The van der Waals surface area contributed by atoms with Gasteiger partial charge in [0.1, 0.15) is 4.21 Å². The maximum absolute atomic E-state index is 12.5. The van der Waals surface area contributed by atoms with E-state index in [9.17, 15) is 13.2 Å². The second kappa shape index (κ2) is 7.74. The number of nitrogens with zero attached hydrogens (tertiary/aromatic N) is 1. The largest absolute Gasteiger partial charge is 0.351 e. The Bertz CT molecular complexity index is 606. The highest BCUT2D eigenvalue weighted by molar-refractivity contribution is 7.91. The fraction of sp³-hybridized carbons (Fsp3) is 0.667. The van der Waals surface area contributed by atoms with Gasteiger partial charge in [0.15, 0.2) is 6.04 Å². The molecule has 1 aliphatic rings. The van der Waals surface area contributed by atoms with E-state index in [1.807, 2.05) is 6.92 Å². The van der Waals surface area contributed by atoms with Gasteiger partial charge in [-0.25, -0.2) is 8.42 Å². The van der Waals surface area contributed by atoms with Crippen LogP contribution < -0.4 is 10.2 Å². The van der Waals surface area contributed by atoms with Crippen molar-refractivity contribution in [2.45, 2.75) is 31.0 Å². The molecule has 130 valence electrons. The number of sulfonamides is 1. The zero-order valence-electron chi connectivity index (χ0n) is 13.9. The molecule has 2 heterocycles. The lowest BCUT2D eigenvalue weighted by molar-refractivity contribution is -0.917. The number of amides is 1. The minimum Gasteiger partial charge on any atom is -0.351 e. The van der Waals surface area contributed by atoms with E-state index >= 15 is 0 Å². The van der Waals surface area contributed by atoms with Crippen molar-refractivity contribution < 1.29 is 18.1 Å². The molecule has 0 spiro atoms. The molecule has 0 aromatic carbocycles. The van der Waals surface area contributed by atoms with Crippen LogP contribution in [0.5, 0.6) is 0 Å². The van der Waals surface area contributed by atoms with Gasteiger partial charge >= 0.3 is 0 Å². The van der Waals surface area contributed by atoms with Crippen molar-refractivity contribution in [2.75, 3.05) is 32.7 Å². The Labute approximate surface area is 142 Å². The van der Waals surface area contributed by atoms with E-state index in [4.69, 9.17) is 0 Å². The molecular formula is C15H26N3O3S2+. The Kier molecular flexibility index (Phi) is 6.19. The Hall–Kier alpha value is -0.960. The summed E-state index contributed by atoms with van der Waals surface area (Å²) in [6.45, 7) is 8.93. The number of carbonyl (C=O) groups excluding carboxylic acids is 1. The molecule has 0 unspecified atom stereocenters. The van der Waals surface area contributed by atoms with Crippen molar-refractivity contribution in [2.24, 2.45) is 5.92 Å². The normalized spacial score (nSPS) is 19.0. The molecule has 0 aliphatic carbocycles. The molecule has 1 amide bonds. The van der Waals surface area contributed by atoms with Crippen LogP contribution in [0.25, 0.3) is 0 Å². The predicted molar refractivity (Wildman–Crippen MR) is 91.1 cm³/mol. The van der Waals surface area contributed by atoms with Crippen molar-refractivity contribution in [3.63, 3.8) is 0 Å². The summed E-state index contributed by atoms with van der Waals surface area (Å²) in [6.07, 6.45) is 0. The second-order valence-corrected chi connectivity index (χ2v) is 9.47. The van der Waals surface area contributed by atoms with Crippen LogP contribution in [0, 0.1) is 5.92 Å². The molecule has 2 N–H and O–H groups in total. The first-order valence-corrected chi connectivity index (χ1v) is 10.3. The first kappa shape index (κ1) is 18.4. The molecular weight excluding hydrogens is 334 g/mol. The summed E-state index contributed by atoms with van der Waals surface area (Å²) >= 11 is 1.24. The Morgan fingerprint density at radius 1 is 1.35 bits per heavy atom. The third-order valence-electron chi connectivity index (χ3n) is 4.14. The van der Waals surface area contributed by atoms with Gasteiger partial charge in [0.2, 0.25) is 0 Å². The van der Waals surface area contributed by atoms with E-state index < -0.39 is 10.0 Å². The maximum Gasteiger partial charge on any atom is 0.278 e. The number of hydrogen-bond acceptors (Lipinski definition) is 4. The second-order valence-electron chi connectivity index (χ2n) is 6.36. The van der Waals surface area contributed by atoms with E-state index in [1.54, 1.807) is 17.5 Å². The predicted octanol–water partition coefficient (Wildman–Crippen LogP) is -0.202. The first-order chi connectivity index (χ1) is 10.8. The van der Waals surface area contributed by atoms with Crippen LogP contribution in [0.2, 0.25) is 0 Å². The molecule has 1 aromatic heterocycles. The van der Waals surface area contributed by atoms with Crippen LogP contribution in [0.1, 0.15) is 20.8 Å². The van der Waals surface area contributed by atoms with Crippen molar-refractivity contribution in [1.82, 2.24) is 9.62 Å². The molecule has 0 saturated carbocycles. The summed E-state index contributed by atoms with van der Waals surface area (Å²) in [6, 6.07) is 3.24. The highest BCUT2D eigenvalue weighted by Crippen LogP contribution is 2.20. The van der Waals surface area contributed by atoms with E-state index in [0.717, 1.165) is 4.90 Å². The van der Waals surface area contributed by atoms with Gasteiger partial charge < -0.3 is 10.2 Å². The van der Waals surface area contributed by atoms with Crippen molar-refractivity contribution in [3.8, 4) is 0 Å². The molecule has 1 aromatic rings. The molecule has 2 rings (SSSR count). The van der Waals surface area contributed by atoms with Crippen molar-refractivity contribution >= 4 is 27.3 Å². The van der Waals surface area contributed by atoms with Gasteiger partial charge in [0.05, 0.1) is 26.2 Å². The molecule has 6 nitrogen and oxygen atoms in total. The van der Waals surface area contributed by atoms with Gasteiger partial charge in [-0.2, -0.15) is 4.31 Å². The lowest BCUT2D eigenvalue weighted by Crippen LogP contribution is -3.19. The third kappa shape index (κ3) is 4.53. The van der Waals surface area contributed by atoms with Crippen LogP contribution >= 0.6 is 11.3 Å². The maximum atomic E-state index is 12.5. The number of quaternary nitrogens is 1. The van der Waals surface area contributed by atoms with Gasteiger partial charge in [-0.05, 0) is 24.3 Å². The van der Waals surface area contributed by atoms with E-state index in [2.05, 4.69) is 19.2 Å². The topological polar surface area (TPSA) is 70.9 Å².